The van der Waals surface area contributed by atoms with Crippen LogP contribution in [-0.2, 0) is 4.79 Å². The Morgan fingerprint density at radius 1 is 1.70 bits per heavy atom. The molecular weight excluding hydrogens is 134 g/mol. The van der Waals surface area contributed by atoms with Crippen LogP contribution in [0.25, 0.3) is 0 Å². The van der Waals surface area contributed by atoms with Crippen LogP contribution in [-0.4, -0.2) is 35.4 Å². The summed E-state index contributed by atoms with van der Waals surface area (Å²) in [5.41, 5.74) is 0. The third-order valence-corrected chi connectivity index (χ3v) is 1.07. The van der Waals surface area contributed by atoms with Crippen molar-refractivity contribution in [3.05, 3.63) is 0 Å². The van der Waals surface area contributed by atoms with Crippen molar-refractivity contribution < 1.29 is 15.0 Å². The highest BCUT2D eigenvalue weighted by Crippen LogP contribution is 1.79. The molecule has 0 rings (SSSR count). The second-order valence-corrected chi connectivity index (χ2v) is 1.99. The third kappa shape index (κ3) is 4.29. The van der Waals surface area contributed by atoms with Crippen molar-refractivity contribution in [2.45, 2.75) is 19.4 Å². The number of hydrogen-bond acceptors (Lipinski definition) is 3. The summed E-state index contributed by atoms with van der Waals surface area (Å²) >= 11 is 0. The number of amides is 1. The van der Waals surface area contributed by atoms with Crippen molar-refractivity contribution in [2.24, 2.45) is 0 Å². The molecule has 0 aliphatic carbocycles. The van der Waals surface area contributed by atoms with E-state index in [2.05, 4.69) is 5.32 Å². The molecule has 0 saturated carbocycles. The molecule has 0 aromatic heterocycles. The van der Waals surface area contributed by atoms with E-state index in [1.54, 1.807) is 6.92 Å². The monoisotopic (exact) mass is 147 g/mol. The summed E-state index contributed by atoms with van der Waals surface area (Å²) in [6.07, 6.45) is -0.437. The van der Waals surface area contributed by atoms with Gasteiger partial charge in [-0.3, -0.25) is 4.79 Å². The molecule has 60 valence electrons. The number of aliphatic hydroxyl groups is 2. The zero-order valence-electron chi connectivity index (χ0n) is 6.00. The summed E-state index contributed by atoms with van der Waals surface area (Å²) in [7, 11) is 0. The lowest BCUT2D eigenvalue weighted by Gasteiger charge is -2.06. The first-order valence-electron chi connectivity index (χ1n) is 3.26. The summed E-state index contributed by atoms with van der Waals surface area (Å²) < 4.78 is 0. The van der Waals surface area contributed by atoms with Crippen molar-refractivity contribution in [3.8, 4) is 0 Å². The molecule has 0 aliphatic heterocycles. The molecule has 0 unspecified atom stereocenters. The van der Waals surface area contributed by atoms with Gasteiger partial charge in [0.2, 0.25) is 5.91 Å². The Labute approximate surface area is 59.9 Å². The fraction of sp³-hybridized carbons (Fsp3) is 0.833. The van der Waals surface area contributed by atoms with E-state index in [9.17, 15) is 4.79 Å². The van der Waals surface area contributed by atoms with Crippen LogP contribution in [0.15, 0.2) is 0 Å². The second kappa shape index (κ2) is 5.20. The van der Waals surface area contributed by atoms with Gasteiger partial charge in [0.15, 0.2) is 0 Å². The van der Waals surface area contributed by atoms with E-state index < -0.39 is 6.10 Å². The minimum absolute atomic E-state index is 0.118. The van der Waals surface area contributed by atoms with Crippen LogP contribution in [0, 0.1) is 0 Å². The zero-order chi connectivity index (χ0) is 7.98. The van der Waals surface area contributed by atoms with Gasteiger partial charge in [0.05, 0.1) is 12.7 Å². The maximum atomic E-state index is 10.5. The summed E-state index contributed by atoms with van der Waals surface area (Å²) in [6, 6.07) is 0. The summed E-state index contributed by atoms with van der Waals surface area (Å²) in [4.78, 5) is 10.5. The van der Waals surface area contributed by atoms with E-state index >= 15 is 0 Å². The number of hydrogen-bond donors (Lipinski definition) is 3. The first kappa shape index (κ1) is 9.39. The Morgan fingerprint density at radius 2 is 2.30 bits per heavy atom. The Bertz CT molecular complexity index is 105. The molecule has 0 spiro atoms. The van der Waals surface area contributed by atoms with Crippen molar-refractivity contribution in [1.29, 1.82) is 0 Å². The highest BCUT2D eigenvalue weighted by Gasteiger charge is 2.02. The summed E-state index contributed by atoms with van der Waals surface area (Å²) in [6.45, 7) is 1.54. The molecule has 10 heavy (non-hydrogen) atoms. The molecule has 4 nitrogen and oxygen atoms in total. The van der Waals surface area contributed by atoms with Gasteiger partial charge in [0.25, 0.3) is 0 Å². The fourth-order valence-electron chi connectivity index (χ4n) is 0.421. The normalized spacial score (nSPS) is 12.7. The summed E-state index contributed by atoms with van der Waals surface area (Å²) in [5.74, 6) is -0.118. The van der Waals surface area contributed by atoms with Crippen molar-refractivity contribution in [2.75, 3.05) is 13.2 Å². The number of rotatable bonds is 4. The molecule has 0 aromatic rings. The lowest BCUT2D eigenvalue weighted by molar-refractivity contribution is -0.121. The van der Waals surface area contributed by atoms with Gasteiger partial charge in [-0.1, -0.05) is 6.92 Å². The maximum absolute atomic E-state index is 10.5. The Kier molecular flexibility index (Phi) is 4.88. The van der Waals surface area contributed by atoms with Crippen LogP contribution in [0.1, 0.15) is 13.3 Å². The molecule has 1 amide bonds. The largest absolute Gasteiger partial charge is 0.394 e. The molecule has 0 fully saturated rings. The van der Waals surface area contributed by atoms with Crippen LogP contribution < -0.4 is 5.32 Å². The lowest BCUT2D eigenvalue weighted by atomic mass is 10.3. The molecule has 0 aliphatic rings. The Morgan fingerprint density at radius 3 is 2.70 bits per heavy atom. The van der Waals surface area contributed by atoms with Crippen molar-refractivity contribution >= 4 is 5.91 Å². The van der Waals surface area contributed by atoms with Crippen LogP contribution in [0.5, 0.6) is 0 Å². The van der Waals surface area contributed by atoms with Gasteiger partial charge in [-0.15, -0.1) is 0 Å². The van der Waals surface area contributed by atoms with Gasteiger partial charge in [-0.05, 0) is 0 Å². The van der Waals surface area contributed by atoms with Gasteiger partial charge in [0, 0.05) is 13.0 Å². The molecule has 4 heteroatoms. The third-order valence-electron chi connectivity index (χ3n) is 1.07. The number of aliphatic hydroxyl groups excluding tert-OH is 2. The SMILES string of the molecule is CCC(=O)NC[C@@H](O)CO. The topological polar surface area (TPSA) is 69.6 Å². The van der Waals surface area contributed by atoms with Crippen molar-refractivity contribution in [1.82, 2.24) is 5.32 Å². The number of carbonyl (C=O) groups is 1. The second-order valence-electron chi connectivity index (χ2n) is 1.99. The summed E-state index contributed by atoms with van der Waals surface area (Å²) in [5, 5.41) is 19.5. The van der Waals surface area contributed by atoms with Crippen molar-refractivity contribution in [3.63, 3.8) is 0 Å². The van der Waals surface area contributed by atoms with Crippen LogP contribution in [0.4, 0.5) is 0 Å². The number of carbonyl (C=O) groups excluding carboxylic acids is 1. The van der Waals surface area contributed by atoms with E-state index in [1.807, 2.05) is 0 Å². The van der Waals surface area contributed by atoms with Crippen LogP contribution in [0.2, 0.25) is 0 Å². The van der Waals surface area contributed by atoms with E-state index in [4.69, 9.17) is 10.2 Å². The van der Waals surface area contributed by atoms with E-state index in [-0.39, 0.29) is 19.1 Å². The average molecular weight is 147 g/mol. The fourth-order valence-corrected chi connectivity index (χ4v) is 0.421. The van der Waals surface area contributed by atoms with Gasteiger partial charge < -0.3 is 15.5 Å². The molecule has 0 aromatic carbocycles. The molecule has 3 N–H and O–H groups in total. The quantitative estimate of drug-likeness (QED) is 0.471. The first-order chi connectivity index (χ1) is 4.70. The molecular formula is C6H13NO3. The molecule has 0 saturated heterocycles. The minimum atomic E-state index is -0.838. The Balaban J connectivity index is 3.26. The van der Waals surface area contributed by atoms with E-state index in [1.165, 1.54) is 0 Å². The van der Waals surface area contributed by atoms with Gasteiger partial charge in [-0.25, -0.2) is 0 Å². The van der Waals surface area contributed by atoms with Crippen LogP contribution >= 0.6 is 0 Å². The van der Waals surface area contributed by atoms with Gasteiger partial charge >= 0.3 is 0 Å². The molecule has 1 atom stereocenters. The van der Waals surface area contributed by atoms with E-state index in [0.29, 0.717) is 6.42 Å². The van der Waals surface area contributed by atoms with E-state index in [0.717, 1.165) is 0 Å². The predicted octanol–water partition coefficient (Wildman–Crippen LogP) is -1.13. The van der Waals surface area contributed by atoms with Crippen LogP contribution in [0.3, 0.4) is 0 Å². The molecule has 0 radical (unpaired) electrons. The lowest BCUT2D eigenvalue weighted by Crippen LogP contribution is -2.33. The minimum Gasteiger partial charge on any atom is -0.394 e. The highest BCUT2D eigenvalue weighted by molar-refractivity contribution is 5.75. The zero-order valence-corrected chi connectivity index (χ0v) is 6.00. The first-order valence-corrected chi connectivity index (χ1v) is 3.26. The predicted molar refractivity (Wildman–Crippen MR) is 36.4 cm³/mol. The Hall–Kier alpha value is -0.610. The number of nitrogens with one attached hydrogen (secondary N) is 1. The standard InChI is InChI=1S/C6H13NO3/c1-2-6(10)7-3-5(9)4-8/h5,8-9H,2-4H2,1H3,(H,7,10)/t5-/m1/s1. The molecule has 0 heterocycles. The smallest absolute Gasteiger partial charge is 0.219 e. The maximum Gasteiger partial charge on any atom is 0.219 e. The van der Waals surface area contributed by atoms with Gasteiger partial charge in [0.1, 0.15) is 0 Å². The highest BCUT2D eigenvalue weighted by atomic mass is 16.3. The molecule has 0 bridgehead atoms. The van der Waals surface area contributed by atoms with Gasteiger partial charge in [-0.2, -0.15) is 0 Å². The average Bonchev–Trinajstić information content (AvgIpc) is 1.99.